The molecule has 2 saturated heterocycles. The van der Waals surface area contributed by atoms with E-state index in [0.29, 0.717) is 34.7 Å². The van der Waals surface area contributed by atoms with Crippen LogP contribution in [0.4, 0.5) is 5.88 Å². The smallest absolute Gasteiger partial charge is 0.266 e. The van der Waals surface area contributed by atoms with Crippen molar-refractivity contribution in [1.82, 2.24) is 4.90 Å². The number of thiocarbonyl (C=S) groups is 1. The van der Waals surface area contributed by atoms with Crippen molar-refractivity contribution < 1.29 is 18.7 Å². The van der Waals surface area contributed by atoms with Gasteiger partial charge in [0, 0.05) is 25.2 Å². The van der Waals surface area contributed by atoms with Gasteiger partial charge in [-0.1, -0.05) is 36.1 Å². The van der Waals surface area contributed by atoms with E-state index in [4.69, 9.17) is 26.1 Å². The third-order valence-corrected chi connectivity index (χ3v) is 5.96. The van der Waals surface area contributed by atoms with Crippen LogP contribution in [0.25, 0.3) is 6.08 Å². The number of thioether (sulfide) groups is 1. The third kappa shape index (κ3) is 4.09. The Hall–Kier alpha value is -2.29. The standard InChI is InChI=1S/C20H20N2O4S2/c1-24-15-4-2-14(3-5-15)13-22-19(23)17(28-20(22)27)12-16-6-7-18(26-16)21-8-10-25-11-9-21/h2-7,12H,8-11,13H2,1H3. The van der Waals surface area contributed by atoms with Crippen molar-refractivity contribution in [3.8, 4) is 5.75 Å². The minimum atomic E-state index is -0.102. The first-order valence-corrected chi connectivity index (χ1v) is 10.2. The highest BCUT2D eigenvalue weighted by Crippen LogP contribution is 2.34. The van der Waals surface area contributed by atoms with Gasteiger partial charge in [-0.05, 0) is 23.8 Å². The average Bonchev–Trinajstić information content (AvgIpc) is 3.30. The molecule has 0 atom stereocenters. The van der Waals surface area contributed by atoms with E-state index in [9.17, 15) is 4.79 Å². The zero-order chi connectivity index (χ0) is 19.5. The maximum atomic E-state index is 12.8. The van der Waals surface area contributed by atoms with Gasteiger partial charge in [0.15, 0.2) is 5.88 Å². The van der Waals surface area contributed by atoms with Crippen LogP contribution < -0.4 is 9.64 Å². The maximum Gasteiger partial charge on any atom is 0.266 e. The van der Waals surface area contributed by atoms with Gasteiger partial charge >= 0.3 is 0 Å². The molecule has 2 fully saturated rings. The summed E-state index contributed by atoms with van der Waals surface area (Å²) in [6.07, 6.45) is 1.76. The molecular formula is C20H20N2O4S2. The van der Waals surface area contributed by atoms with Gasteiger partial charge in [-0.2, -0.15) is 0 Å². The molecule has 6 nitrogen and oxygen atoms in total. The summed E-state index contributed by atoms with van der Waals surface area (Å²) < 4.78 is 17.0. The molecule has 28 heavy (non-hydrogen) atoms. The fraction of sp³-hybridized carbons (Fsp3) is 0.300. The van der Waals surface area contributed by atoms with E-state index < -0.39 is 0 Å². The summed E-state index contributed by atoms with van der Waals surface area (Å²) in [6.45, 7) is 3.43. The van der Waals surface area contributed by atoms with Crippen molar-refractivity contribution in [2.45, 2.75) is 6.54 Å². The van der Waals surface area contributed by atoms with Gasteiger partial charge in [-0.25, -0.2) is 0 Å². The summed E-state index contributed by atoms with van der Waals surface area (Å²) in [4.78, 5) is 17.1. The molecule has 1 amide bonds. The third-order valence-electron chi connectivity index (χ3n) is 4.58. The summed E-state index contributed by atoms with van der Waals surface area (Å²) in [6, 6.07) is 11.4. The molecule has 4 rings (SSSR count). The fourth-order valence-corrected chi connectivity index (χ4v) is 4.29. The first-order valence-electron chi connectivity index (χ1n) is 8.95. The highest BCUT2D eigenvalue weighted by atomic mass is 32.2. The van der Waals surface area contributed by atoms with Crippen molar-refractivity contribution in [2.75, 3.05) is 38.3 Å². The number of benzene rings is 1. The molecule has 0 N–H and O–H groups in total. The van der Waals surface area contributed by atoms with Crippen LogP contribution in [0.1, 0.15) is 11.3 Å². The van der Waals surface area contributed by atoms with Crippen LogP contribution >= 0.6 is 24.0 Å². The molecule has 0 radical (unpaired) electrons. The van der Waals surface area contributed by atoms with Gasteiger partial charge in [0.2, 0.25) is 0 Å². The predicted octanol–water partition coefficient (Wildman–Crippen LogP) is 3.53. The van der Waals surface area contributed by atoms with E-state index >= 15 is 0 Å². The molecule has 2 aliphatic heterocycles. The van der Waals surface area contributed by atoms with Crippen LogP contribution in [0.2, 0.25) is 0 Å². The minimum absolute atomic E-state index is 0.102. The second-order valence-electron chi connectivity index (χ2n) is 6.39. The van der Waals surface area contributed by atoms with E-state index in [0.717, 1.165) is 30.3 Å². The van der Waals surface area contributed by atoms with Gasteiger partial charge in [0.25, 0.3) is 5.91 Å². The Balaban J connectivity index is 1.46. The molecular weight excluding hydrogens is 396 g/mol. The molecule has 0 unspecified atom stereocenters. The molecule has 0 aliphatic carbocycles. The normalized spacial score (nSPS) is 19.0. The van der Waals surface area contributed by atoms with Crippen molar-refractivity contribution in [2.24, 2.45) is 0 Å². The molecule has 8 heteroatoms. The van der Waals surface area contributed by atoms with Gasteiger partial charge in [-0.3, -0.25) is 9.69 Å². The number of ether oxygens (including phenoxy) is 2. The molecule has 0 bridgehead atoms. The number of amides is 1. The Labute approximate surface area is 173 Å². The summed E-state index contributed by atoms with van der Waals surface area (Å²) in [5, 5.41) is 0. The summed E-state index contributed by atoms with van der Waals surface area (Å²) in [5.41, 5.74) is 0.992. The summed E-state index contributed by atoms with van der Waals surface area (Å²) >= 11 is 6.72. The Morgan fingerprint density at radius 2 is 1.93 bits per heavy atom. The summed E-state index contributed by atoms with van der Waals surface area (Å²) in [7, 11) is 1.63. The number of hydrogen-bond donors (Lipinski definition) is 0. The number of carbonyl (C=O) groups is 1. The van der Waals surface area contributed by atoms with Crippen LogP contribution in [0.3, 0.4) is 0 Å². The molecule has 1 aromatic heterocycles. The monoisotopic (exact) mass is 416 g/mol. The molecule has 1 aromatic carbocycles. The minimum Gasteiger partial charge on any atom is -0.497 e. The van der Waals surface area contributed by atoms with Crippen LogP contribution in [0.15, 0.2) is 45.7 Å². The Morgan fingerprint density at radius 3 is 2.64 bits per heavy atom. The van der Waals surface area contributed by atoms with Gasteiger partial charge in [0.05, 0.1) is 31.8 Å². The van der Waals surface area contributed by atoms with Crippen molar-refractivity contribution in [3.05, 3.63) is 52.6 Å². The molecule has 0 saturated carbocycles. The number of hydrogen-bond acceptors (Lipinski definition) is 7. The SMILES string of the molecule is COc1ccc(CN2C(=O)C(=Cc3ccc(N4CCOCC4)o3)SC2=S)cc1. The topological polar surface area (TPSA) is 55.2 Å². The number of furan rings is 1. The van der Waals surface area contributed by atoms with Gasteiger partial charge in [0.1, 0.15) is 15.8 Å². The van der Waals surface area contributed by atoms with E-state index in [1.54, 1.807) is 18.1 Å². The van der Waals surface area contributed by atoms with Crippen molar-refractivity contribution in [3.63, 3.8) is 0 Å². The average molecular weight is 417 g/mol. The largest absolute Gasteiger partial charge is 0.497 e. The number of methoxy groups -OCH3 is 1. The Morgan fingerprint density at radius 1 is 1.18 bits per heavy atom. The highest BCUT2D eigenvalue weighted by Gasteiger charge is 2.32. The molecule has 2 aliphatic rings. The second kappa shape index (κ2) is 8.38. The van der Waals surface area contributed by atoms with Gasteiger partial charge < -0.3 is 18.8 Å². The number of morpholine rings is 1. The quantitative estimate of drug-likeness (QED) is 0.546. The van der Waals surface area contributed by atoms with E-state index in [-0.39, 0.29) is 5.91 Å². The van der Waals surface area contributed by atoms with E-state index in [1.165, 1.54) is 11.8 Å². The van der Waals surface area contributed by atoms with Crippen LogP contribution in [0, 0.1) is 0 Å². The maximum absolute atomic E-state index is 12.8. The first kappa shape index (κ1) is 19.0. The number of anilines is 1. The number of carbonyl (C=O) groups excluding carboxylic acids is 1. The first-order chi connectivity index (χ1) is 13.6. The van der Waals surface area contributed by atoms with Crippen LogP contribution in [-0.2, 0) is 16.1 Å². The lowest BCUT2D eigenvalue weighted by Crippen LogP contribution is -2.35. The lowest BCUT2D eigenvalue weighted by atomic mass is 10.2. The van der Waals surface area contributed by atoms with E-state index in [2.05, 4.69) is 4.90 Å². The Bertz CT molecular complexity index is 901. The molecule has 146 valence electrons. The lowest BCUT2D eigenvalue weighted by molar-refractivity contribution is -0.122. The Kier molecular flexibility index (Phi) is 5.70. The fourth-order valence-electron chi connectivity index (χ4n) is 3.05. The molecule has 3 heterocycles. The summed E-state index contributed by atoms with van der Waals surface area (Å²) in [5.74, 6) is 2.12. The zero-order valence-corrected chi connectivity index (χ0v) is 17.1. The van der Waals surface area contributed by atoms with Crippen LogP contribution in [0.5, 0.6) is 5.75 Å². The molecule has 0 spiro atoms. The van der Waals surface area contributed by atoms with Crippen molar-refractivity contribution in [1.29, 1.82) is 0 Å². The van der Waals surface area contributed by atoms with Crippen molar-refractivity contribution >= 4 is 46.2 Å². The molecule has 2 aromatic rings. The number of rotatable bonds is 5. The van der Waals surface area contributed by atoms with Gasteiger partial charge in [-0.15, -0.1) is 0 Å². The second-order valence-corrected chi connectivity index (χ2v) is 8.07. The highest BCUT2D eigenvalue weighted by molar-refractivity contribution is 8.26. The van der Waals surface area contributed by atoms with E-state index in [1.807, 2.05) is 36.4 Å². The number of nitrogens with zero attached hydrogens (tertiary/aromatic N) is 2. The lowest BCUT2D eigenvalue weighted by Gasteiger charge is -2.26. The predicted molar refractivity (Wildman–Crippen MR) is 113 cm³/mol. The van der Waals surface area contributed by atoms with Crippen LogP contribution in [-0.4, -0.2) is 48.5 Å². The zero-order valence-electron chi connectivity index (χ0n) is 15.4.